The van der Waals surface area contributed by atoms with Crippen LogP contribution in [-0.2, 0) is 15.0 Å². The van der Waals surface area contributed by atoms with Crippen LogP contribution in [0.1, 0.15) is 68.7 Å². The van der Waals surface area contributed by atoms with E-state index in [2.05, 4.69) is 28.5 Å². The van der Waals surface area contributed by atoms with Crippen LogP contribution in [0.5, 0.6) is 0 Å². The predicted molar refractivity (Wildman–Crippen MR) is 183 cm³/mol. The van der Waals surface area contributed by atoms with E-state index in [1.807, 2.05) is 32.9 Å². The first-order valence-electron chi connectivity index (χ1n) is 15.9. The first-order chi connectivity index (χ1) is 22.7. The van der Waals surface area contributed by atoms with E-state index in [9.17, 15) is 20.0 Å². The molecule has 3 aromatic rings. The van der Waals surface area contributed by atoms with Crippen molar-refractivity contribution in [3.8, 4) is 6.07 Å². The summed E-state index contributed by atoms with van der Waals surface area (Å²) in [5, 5.41) is 26.6. The highest BCUT2D eigenvalue weighted by Gasteiger charge is 2.61. The van der Waals surface area contributed by atoms with Gasteiger partial charge < -0.3 is 15.7 Å². The number of nitrogens with one attached hydrogen (secondary N) is 2. The van der Waals surface area contributed by atoms with Crippen LogP contribution in [-0.4, -0.2) is 47.1 Å². The minimum Gasteiger partial charge on any atom is -0.481 e. The van der Waals surface area contributed by atoms with Gasteiger partial charge in [-0.25, -0.2) is 8.78 Å². The molecule has 0 spiro atoms. The van der Waals surface area contributed by atoms with Crippen molar-refractivity contribution in [2.75, 3.05) is 18.4 Å². The van der Waals surface area contributed by atoms with Gasteiger partial charge in [0.25, 0.3) is 0 Å². The Morgan fingerprint density at radius 2 is 1.79 bits per heavy atom. The summed E-state index contributed by atoms with van der Waals surface area (Å²) in [6, 6.07) is 15.8. The zero-order valence-corrected chi connectivity index (χ0v) is 28.6. The molecule has 7 nitrogen and oxygen atoms in total. The van der Waals surface area contributed by atoms with Gasteiger partial charge >= 0.3 is 5.97 Å². The Morgan fingerprint density at radius 1 is 1.12 bits per heavy atom. The maximum Gasteiger partial charge on any atom is 0.306 e. The molecule has 3 N–H and O–H groups in total. The van der Waals surface area contributed by atoms with Crippen molar-refractivity contribution in [2.24, 2.45) is 11.3 Å². The largest absolute Gasteiger partial charge is 0.481 e. The summed E-state index contributed by atoms with van der Waals surface area (Å²) in [7, 11) is 0. The quantitative estimate of drug-likeness (QED) is 0.221. The molecule has 2 aliphatic heterocycles. The number of nitrogens with zero attached hydrogens (tertiary/aromatic N) is 2. The van der Waals surface area contributed by atoms with Gasteiger partial charge in [-0.3, -0.25) is 14.5 Å². The third-order valence-electron chi connectivity index (χ3n) is 9.61. The Balaban J connectivity index is 1.50. The van der Waals surface area contributed by atoms with Crippen LogP contribution in [0.3, 0.4) is 0 Å². The van der Waals surface area contributed by atoms with Crippen LogP contribution in [0.15, 0.2) is 60.7 Å². The minimum atomic E-state index is -1.73. The Kier molecular flexibility index (Phi) is 10.5. The first-order valence-corrected chi connectivity index (χ1v) is 16.7. The highest BCUT2D eigenvalue weighted by atomic mass is 35.5. The smallest absolute Gasteiger partial charge is 0.306 e. The number of carboxylic acid groups (broad SMARTS) is 1. The summed E-state index contributed by atoms with van der Waals surface area (Å²) in [6.07, 6.45) is 1.46. The van der Waals surface area contributed by atoms with E-state index in [1.165, 1.54) is 24.3 Å². The Morgan fingerprint density at radius 3 is 2.38 bits per heavy atom. The van der Waals surface area contributed by atoms with E-state index in [-0.39, 0.29) is 38.5 Å². The van der Waals surface area contributed by atoms with Crippen molar-refractivity contribution >= 4 is 40.8 Å². The third kappa shape index (κ3) is 7.09. The lowest BCUT2D eigenvalue weighted by Crippen LogP contribution is -2.45. The SMILES string of the molecule is [CH2]C(c1ccc(NC(=O)[C@@H]2N[C@@H](CC(C)(C)C)[C@](C#N)(c3ccc(Cl)cc3F)[C@H]2c2cccc(Cl)c2F)cc1)N1CCC(C(=O)O)CC1. The molecule has 2 fully saturated rings. The number of halogens is 4. The highest BCUT2D eigenvalue weighted by Crippen LogP contribution is 2.53. The van der Waals surface area contributed by atoms with Gasteiger partial charge in [-0.05, 0) is 86.1 Å². The van der Waals surface area contributed by atoms with Crippen LogP contribution in [0.2, 0.25) is 10.0 Å². The molecule has 0 aliphatic carbocycles. The Labute approximate surface area is 290 Å². The molecule has 253 valence electrons. The number of rotatable bonds is 8. The number of carbonyl (C=O) groups excluding carboxylic acids is 1. The summed E-state index contributed by atoms with van der Waals surface area (Å²) in [5.41, 5.74) is -0.708. The molecule has 1 unspecified atom stereocenters. The maximum atomic E-state index is 15.9. The summed E-state index contributed by atoms with van der Waals surface area (Å²) < 4.78 is 31.8. The topological polar surface area (TPSA) is 105 Å². The number of amides is 1. The van der Waals surface area contributed by atoms with Crippen LogP contribution >= 0.6 is 23.2 Å². The molecule has 2 saturated heterocycles. The van der Waals surface area contributed by atoms with E-state index in [1.54, 1.807) is 18.2 Å². The average molecular weight is 697 g/mol. The average Bonchev–Trinajstić information content (AvgIpc) is 3.35. The summed E-state index contributed by atoms with van der Waals surface area (Å²) >= 11 is 12.3. The molecule has 1 amide bonds. The Hall–Kier alpha value is -3.55. The van der Waals surface area contributed by atoms with Gasteiger partial charge in [-0.1, -0.05) is 74.3 Å². The lowest BCUT2D eigenvalue weighted by molar-refractivity contribution is -0.143. The summed E-state index contributed by atoms with van der Waals surface area (Å²) in [6.45, 7) is 11.4. The van der Waals surface area contributed by atoms with E-state index in [0.717, 1.165) is 11.6 Å². The third-order valence-corrected chi connectivity index (χ3v) is 10.1. The van der Waals surface area contributed by atoms with Gasteiger partial charge in [-0.2, -0.15) is 5.26 Å². The fraction of sp³-hybridized carbons (Fsp3) is 0.405. The lowest BCUT2D eigenvalue weighted by Gasteiger charge is -2.37. The molecular weight excluding hydrogens is 657 g/mol. The number of likely N-dealkylation sites (tertiary alicyclic amines) is 1. The van der Waals surface area contributed by atoms with Gasteiger partial charge in [0, 0.05) is 34.3 Å². The first kappa shape index (κ1) is 35.7. The molecule has 2 aliphatic rings. The minimum absolute atomic E-state index is 0.00838. The number of piperidine rings is 1. The van der Waals surface area contributed by atoms with Crippen LogP contribution in [0.4, 0.5) is 14.5 Å². The van der Waals surface area contributed by atoms with Crippen LogP contribution < -0.4 is 10.6 Å². The van der Waals surface area contributed by atoms with Crippen molar-refractivity contribution in [3.05, 3.63) is 106 Å². The van der Waals surface area contributed by atoms with Gasteiger partial charge in [0.15, 0.2) is 0 Å². The van der Waals surface area contributed by atoms with Crippen LogP contribution in [0.25, 0.3) is 0 Å². The second kappa shape index (κ2) is 14.1. The van der Waals surface area contributed by atoms with Crippen LogP contribution in [0, 0.1) is 41.2 Å². The molecular formula is C37H39Cl2F2N4O3. The number of hydrogen-bond donors (Lipinski definition) is 3. The van der Waals surface area contributed by atoms with Gasteiger partial charge in [-0.15, -0.1) is 0 Å². The zero-order valence-electron chi connectivity index (χ0n) is 27.1. The number of anilines is 1. The van der Waals surface area contributed by atoms with E-state index in [4.69, 9.17) is 23.2 Å². The number of carboxylic acids is 1. The summed E-state index contributed by atoms with van der Waals surface area (Å²) in [4.78, 5) is 27.7. The number of benzene rings is 3. The predicted octanol–water partition coefficient (Wildman–Crippen LogP) is 7.90. The Bertz CT molecular complexity index is 1720. The number of hydrogen-bond acceptors (Lipinski definition) is 5. The summed E-state index contributed by atoms with van der Waals surface area (Å²) in [5.74, 6) is -4.35. The molecule has 11 heteroatoms. The molecule has 0 saturated carbocycles. The van der Waals surface area contributed by atoms with Gasteiger partial charge in [0.1, 0.15) is 17.0 Å². The lowest BCUT2D eigenvalue weighted by atomic mass is 9.62. The van der Waals surface area contributed by atoms with Crippen molar-refractivity contribution < 1.29 is 23.5 Å². The molecule has 5 rings (SSSR count). The molecule has 1 radical (unpaired) electrons. The molecule has 3 aromatic carbocycles. The fourth-order valence-corrected chi connectivity index (χ4v) is 7.57. The molecule has 48 heavy (non-hydrogen) atoms. The molecule has 0 aromatic heterocycles. The van der Waals surface area contributed by atoms with E-state index < -0.39 is 46.9 Å². The van der Waals surface area contributed by atoms with Gasteiger partial charge in [0.2, 0.25) is 5.91 Å². The monoisotopic (exact) mass is 695 g/mol. The standard InChI is InChI=1S/C37H39Cl2F2N4O3/c1-21(45-16-14-23(15-17-45)35(47)48)22-8-11-25(12-9-22)43-34(46)33-31(26-6-5-7-28(39)32(26)41)37(20-42,30(44-33)19-36(2,3)4)27-13-10-24(38)18-29(27)40/h5-13,18,21,23,30-31,33,44H,1,14-17,19H2,2-4H3,(H,43,46)(H,47,48)/t21?,30-,31-,33+,37-/m0/s1. The fourth-order valence-electron chi connectivity index (χ4n) is 7.23. The molecule has 5 atom stereocenters. The van der Waals surface area contributed by atoms with Crippen molar-refractivity contribution in [1.29, 1.82) is 5.26 Å². The number of carbonyl (C=O) groups is 2. The van der Waals surface area contributed by atoms with E-state index >= 15 is 8.78 Å². The normalized spacial score (nSPS) is 24.2. The molecule has 0 bridgehead atoms. The van der Waals surface area contributed by atoms with E-state index in [0.29, 0.717) is 38.0 Å². The maximum absolute atomic E-state index is 15.9. The molecule has 2 heterocycles. The number of nitriles is 1. The van der Waals surface area contributed by atoms with Crippen molar-refractivity contribution in [3.63, 3.8) is 0 Å². The van der Waals surface area contributed by atoms with Gasteiger partial charge in [0.05, 0.1) is 23.1 Å². The zero-order chi connectivity index (χ0) is 35.0. The van der Waals surface area contributed by atoms with Crippen molar-refractivity contribution in [1.82, 2.24) is 10.2 Å². The second-order valence-electron chi connectivity index (χ2n) is 14.0. The highest BCUT2D eigenvalue weighted by molar-refractivity contribution is 6.31. The second-order valence-corrected chi connectivity index (χ2v) is 14.8. The number of aliphatic carboxylic acids is 1. The van der Waals surface area contributed by atoms with Crippen molar-refractivity contribution in [2.45, 2.75) is 69.5 Å².